The van der Waals surface area contributed by atoms with Gasteiger partial charge in [-0.3, -0.25) is 4.98 Å². The minimum absolute atomic E-state index is 0.132. The van der Waals surface area contributed by atoms with Gasteiger partial charge in [0, 0.05) is 6.20 Å². The molecule has 0 aliphatic heterocycles. The Bertz CT molecular complexity index is 709. The maximum absolute atomic E-state index is 12.4. The molecule has 0 bridgehead atoms. The van der Waals surface area contributed by atoms with E-state index in [1.54, 1.807) is 30.5 Å². The van der Waals surface area contributed by atoms with Crippen molar-refractivity contribution < 1.29 is 8.42 Å². The number of sulfone groups is 1. The Hall–Kier alpha value is -1.88. The largest absolute Gasteiger partial charge is 0.398 e. The molecule has 4 nitrogen and oxygen atoms in total. The average Bonchev–Trinajstić information content (AvgIpc) is 2.31. The van der Waals surface area contributed by atoms with E-state index in [9.17, 15) is 8.42 Å². The first-order chi connectivity index (χ1) is 8.90. The third-order valence-corrected chi connectivity index (χ3v) is 4.64. The predicted molar refractivity (Wildman–Crippen MR) is 75.5 cm³/mol. The van der Waals surface area contributed by atoms with Crippen molar-refractivity contribution in [3.05, 3.63) is 53.3 Å². The molecule has 1 aromatic carbocycles. The zero-order chi connectivity index (χ0) is 14.0. The molecular formula is C14H16N2O2S. The molecule has 2 aromatic rings. The third-order valence-electron chi connectivity index (χ3n) is 2.94. The quantitative estimate of drug-likeness (QED) is 0.873. The molecule has 0 amide bonds. The molecule has 2 rings (SSSR count). The van der Waals surface area contributed by atoms with Crippen molar-refractivity contribution in [1.29, 1.82) is 0 Å². The molecule has 100 valence electrons. The molecule has 1 heterocycles. The van der Waals surface area contributed by atoms with Gasteiger partial charge >= 0.3 is 0 Å². The number of aromatic nitrogens is 1. The zero-order valence-electron chi connectivity index (χ0n) is 10.9. The van der Waals surface area contributed by atoms with Gasteiger partial charge in [0.15, 0.2) is 9.84 Å². The van der Waals surface area contributed by atoms with Crippen LogP contribution in [0.4, 0.5) is 5.69 Å². The molecular weight excluding hydrogens is 260 g/mol. The number of nitrogens with two attached hydrogens (primary N) is 1. The smallest absolute Gasteiger partial charge is 0.186 e. The van der Waals surface area contributed by atoms with Crippen molar-refractivity contribution in [1.82, 2.24) is 4.98 Å². The van der Waals surface area contributed by atoms with E-state index >= 15 is 0 Å². The Balaban J connectivity index is 2.41. The first-order valence-electron chi connectivity index (χ1n) is 5.89. The molecule has 0 radical (unpaired) electrons. The van der Waals surface area contributed by atoms with Crippen molar-refractivity contribution in [3.8, 4) is 0 Å². The van der Waals surface area contributed by atoms with E-state index in [0.717, 1.165) is 11.1 Å². The number of benzene rings is 1. The van der Waals surface area contributed by atoms with Gasteiger partial charge in [0.2, 0.25) is 0 Å². The van der Waals surface area contributed by atoms with E-state index < -0.39 is 9.84 Å². The molecule has 2 N–H and O–H groups in total. The van der Waals surface area contributed by atoms with E-state index in [4.69, 9.17) is 5.73 Å². The molecule has 0 atom stereocenters. The molecule has 5 heteroatoms. The summed E-state index contributed by atoms with van der Waals surface area (Å²) < 4.78 is 24.7. The van der Waals surface area contributed by atoms with E-state index in [1.165, 1.54) is 0 Å². The maximum Gasteiger partial charge on any atom is 0.186 e. The fourth-order valence-corrected chi connectivity index (χ4v) is 3.39. The predicted octanol–water partition coefficient (Wildman–Crippen LogP) is 2.25. The van der Waals surface area contributed by atoms with Gasteiger partial charge < -0.3 is 5.73 Å². The Kier molecular flexibility index (Phi) is 3.57. The van der Waals surface area contributed by atoms with Crippen LogP contribution in [0, 0.1) is 13.8 Å². The van der Waals surface area contributed by atoms with Crippen LogP contribution in [0.1, 0.15) is 16.8 Å². The van der Waals surface area contributed by atoms with Crippen LogP contribution in [0.15, 0.2) is 41.4 Å². The molecule has 0 saturated heterocycles. The fourth-order valence-electron chi connectivity index (χ4n) is 1.88. The summed E-state index contributed by atoms with van der Waals surface area (Å²) >= 11 is 0. The SMILES string of the molecule is Cc1ccc(S(=O)(=O)Cc2ncccc2C)c(N)c1. The minimum atomic E-state index is -3.47. The Morgan fingerprint density at radius 1 is 1.21 bits per heavy atom. The summed E-state index contributed by atoms with van der Waals surface area (Å²) in [4.78, 5) is 4.29. The van der Waals surface area contributed by atoms with Crippen LogP contribution in [-0.2, 0) is 15.6 Å². The van der Waals surface area contributed by atoms with Crippen LogP contribution >= 0.6 is 0 Å². The Labute approximate surface area is 113 Å². The van der Waals surface area contributed by atoms with Gasteiger partial charge in [-0.05, 0) is 43.2 Å². The highest BCUT2D eigenvalue weighted by Gasteiger charge is 2.19. The first-order valence-corrected chi connectivity index (χ1v) is 7.55. The normalized spacial score (nSPS) is 11.5. The van der Waals surface area contributed by atoms with Crippen LogP contribution in [0.5, 0.6) is 0 Å². The molecule has 0 aliphatic rings. The van der Waals surface area contributed by atoms with Crippen LogP contribution in [0.25, 0.3) is 0 Å². The van der Waals surface area contributed by atoms with Crippen LogP contribution in [-0.4, -0.2) is 13.4 Å². The van der Waals surface area contributed by atoms with E-state index in [0.29, 0.717) is 5.69 Å². The zero-order valence-corrected chi connectivity index (χ0v) is 11.7. The molecule has 19 heavy (non-hydrogen) atoms. The summed E-state index contributed by atoms with van der Waals surface area (Å²) in [6, 6.07) is 8.59. The van der Waals surface area contributed by atoms with Gasteiger partial charge in [-0.25, -0.2) is 8.42 Å². The summed E-state index contributed by atoms with van der Waals surface area (Å²) in [6.45, 7) is 3.71. The second-order valence-corrected chi connectivity index (χ2v) is 6.53. The lowest BCUT2D eigenvalue weighted by Gasteiger charge is -2.09. The average molecular weight is 276 g/mol. The maximum atomic E-state index is 12.4. The topological polar surface area (TPSA) is 73.0 Å². The van der Waals surface area contributed by atoms with E-state index in [1.807, 2.05) is 19.9 Å². The van der Waals surface area contributed by atoms with E-state index in [-0.39, 0.29) is 16.3 Å². The lowest BCUT2D eigenvalue weighted by atomic mass is 10.2. The molecule has 1 aromatic heterocycles. The lowest BCUT2D eigenvalue weighted by molar-refractivity contribution is 0.595. The number of rotatable bonds is 3. The molecule has 0 spiro atoms. The summed E-state index contributed by atoms with van der Waals surface area (Å²) in [5.41, 5.74) is 8.44. The Morgan fingerprint density at radius 3 is 2.58 bits per heavy atom. The molecule has 0 fully saturated rings. The monoisotopic (exact) mass is 276 g/mol. The van der Waals surface area contributed by atoms with Gasteiger partial charge in [-0.15, -0.1) is 0 Å². The summed E-state index contributed by atoms with van der Waals surface area (Å²) in [5.74, 6) is -0.132. The van der Waals surface area contributed by atoms with Crippen molar-refractivity contribution >= 4 is 15.5 Å². The van der Waals surface area contributed by atoms with Crippen molar-refractivity contribution in [2.45, 2.75) is 24.5 Å². The number of hydrogen-bond donors (Lipinski definition) is 1. The minimum Gasteiger partial charge on any atom is -0.398 e. The van der Waals surface area contributed by atoms with Crippen molar-refractivity contribution in [2.24, 2.45) is 0 Å². The summed E-state index contributed by atoms with van der Waals surface area (Å²) in [6.07, 6.45) is 1.59. The molecule has 0 aliphatic carbocycles. The van der Waals surface area contributed by atoms with Crippen molar-refractivity contribution in [2.75, 3.05) is 5.73 Å². The summed E-state index contributed by atoms with van der Waals surface area (Å²) in [7, 11) is -3.47. The van der Waals surface area contributed by atoms with E-state index in [2.05, 4.69) is 4.98 Å². The summed E-state index contributed by atoms with van der Waals surface area (Å²) in [5, 5.41) is 0. The number of aryl methyl sites for hydroxylation is 2. The highest BCUT2D eigenvalue weighted by molar-refractivity contribution is 7.90. The van der Waals surface area contributed by atoms with Gasteiger partial charge in [0.1, 0.15) is 0 Å². The number of hydrogen-bond acceptors (Lipinski definition) is 4. The second-order valence-electron chi connectivity index (χ2n) is 4.57. The van der Waals surface area contributed by atoms with Gasteiger partial charge in [-0.2, -0.15) is 0 Å². The number of pyridine rings is 1. The highest BCUT2D eigenvalue weighted by Crippen LogP contribution is 2.23. The standard InChI is InChI=1S/C14H16N2O2S/c1-10-5-6-14(12(15)8-10)19(17,18)9-13-11(2)4-3-7-16-13/h3-8H,9,15H2,1-2H3. The van der Waals surface area contributed by atoms with Gasteiger partial charge in [0.05, 0.1) is 22.0 Å². The highest BCUT2D eigenvalue weighted by atomic mass is 32.2. The molecule has 0 unspecified atom stereocenters. The Morgan fingerprint density at radius 2 is 1.95 bits per heavy atom. The second kappa shape index (κ2) is 5.01. The van der Waals surface area contributed by atoms with Crippen molar-refractivity contribution in [3.63, 3.8) is 0 Å². The number of nitrogens with zero attached hydrogens (tertiary/aromatic N) is 1. The van der Waals surface area contributed by atoms with Gasteiger partial charge in [0.25, 0.3) is 0 Å². The van der Waals surface area contributed by atoms with Crippen LogP contribution < -0.4 is 5.73 Å². The first kappa shape index (κ1) is 13.5. The lowest BCUT2D eigenvalue weighted by Crippen LogP contribution is -2.10. The number of anilines is 1. The van der Waals surface area contributed by atoms with Crippen LogP contribution in [0.2, 0.25) is 0 Å². The number of nitrogen functional groups attached to an aromatic ring is 1. The van der Waals surface area contributed by atoms with Crippen LogP contribution in [0.3, 0.4) is 0 Å². The fraction of sp³-hybridized carbons (Fsp3) is 0.214. The third kappa shape index (κ3) is 2.93. The van der Waals surface area contributed by atoms with Gasteiger partial charge in [-0.1, -0.05) is 12.1 Å². The molecule has 0 saturated carbocycles.